The lowest BCUT2D eigenvalue weighted by molar-refractivity contribution is -0.671. The number of rotatable bonds is 3. The highest BCUT2D eigenvalue weighted by atomic mass is 35.5. The number of benzene rings is 1. The molecule has 2 aromatic rings. The maximum Gasteiger partial charge on any atom is 0.235 e. The van der Waals surface area contributed by atoms with Crippen molar-refractivity contribution in [2.45, 2.75) is 19.9 Å². The largest absolute Gasteiger partial charge is 0.303 e. The van der Waals surface area contributed by atoms with E-state index in [1.54, 1.807) is 11.3 Å². The summed E-state index contributed by atoms with van der Waals surface area (Å²) in [4.78, 5) is 10.4. The number of carbonyl (C=O) groups is 1. The van der Waals surface area contributed by atoms with E-state index in [1.807, 2.05) is 18.2 Å². The quantitative estimate of drug-likeness (QED) is 0.597. The number of aldehydes is 1. The van der Waals surface area contributed by atoms with Crippen LogP contribution in [-0.2, 0) is 11.3 Å². The molecule has 0 fully saturated rings. The standard InChI is InChI=1S/C11H11ClNOS/c1-8-13(5-2-6-14)10-7-9(12)3-4-11(10)15-8/h3-4,6-7H,2,5H2,1H3/q+1. The van der Waals surface area contributed by atoms with Gasteiger partial charge < -0.3 is 4.79 Å². The number of thiazole rings is 1. The molecule has 0 bridgehead atoms. The van der Waals surface area contributed by atoms with E-state index >= 15 is 0 Å². The SMILES string of the molecule is Cc1sc2ccc(Cl)cc2[n+]1CCC=O. The number of aryl methyl sites for hydroxylation is 2. The minimum Gasteiger partial charge on any atom is -0.303 e. The maximum atomic E-state index is 10.4. The summed E-state index contributed by atoms with van der Waals surface area (Å²) in [5.74, 6) is 0. The van der Waals surface area contributed by atoms with Gasteiger partial charge in [-0.25, -0.2) is 0 Å². The fraction of sp³-hybridized carbons (Fsp3) is 0.273. The van der Waals surface area contributed by atoms with E-state index in [4.69, 9.17) is 11.6 Å². The van der Waals surface area contributed by atoms with Crippen LogP contribution in [0.25, 0.3) is 10.2 Å². The van der Waals surface area contributed by atoms with E-state index in [1.165, 1.54) is 9.71 Å². The number of fused-ring (bicyclic) bond motifs is 1. The topological polar surface area (TPSA) is 20.9 Å². The molecule has 4 heteroatoms. The molecule has 1 aromatic carbocycles. The highest BCUT2D eigenvalue weighted by molar-refractivity contribution is 7.18. The average molecular weight is 241 g/mol. The molecule has 0 saturated carbocycles. The Labute approximate surface area is 97.1 Å². The summed E-state index contributed by atoms with van der Waals surface area (Å²) in [6.07, 6.45) is 1.49. The molecule has 15 heavy (non-hydrogen) atoms. The molecule has 0 aliphatic rings. The predicted molar refractivity (Wildman–Crippen MR) is 62.4 cm³/mol. The summed E-state index contributed by atoms with van der Waals surface area (Å²) in [6.45, 7) is 2.79. The molecule has 2 rings (SSSR count). The Morgan fingerprint density at radius 3 is 3.07 bits per heavy atom. The Morgan fingerprint density at radius 1 is 1.53 bits per heavy atom. The van der Waals surface area contributed by atoms with Gasteiger partial charge in [0.15, 0.2) is 6.54 Å². The van der Waals surface area contributed by atoms with Crippen molar-refractivity contribution >= 4 is 39.4 Å². The number of hydrogen-bond acceptors (Lipinski definition) is 2. The fourth-order valence-electron chi connectivity index (χ4n) is 1.63. The molecular weight excluding hydrogens is 230 g/mol. The van der Waals surface area contributed by atoms with Crippen LogP contribution in [0.4, 0.5) is 0 Å². The van der Waals surface area contributed by atoms with E-state index in [-0.39, 0.29) is 0 Å². The van der Waals surface area contributed by atoms with Crippen LogP contribution in [0.2, 0.25) is 5.02 Å². The Bertz CT molecular complexity index is 507. The van der Waals surface area contributed by atoms with Gasteiger partial charge in [-0.05, 0) is 12.1 Å². The second kappa shape index (κ2) is 4.29. The van der Waals surface area contributed by atoms with Crippen LogP contribution in [-0.4, -0.2) is 6.29 Å². The van der Waals surface area contributed by atoms with Gasteiger partial charge in [0.2, 0.25) is 10.5 Å². The van der Waals surface area contributed by atoms with Gasteiger partial charge in [-0.15, -0.1) is 0 Å². The first kappa shape index (κ1) is 10.6. The van der Waals surface area contributed by atoms with E-state index in [9.17, 15) is 4.79 Å². The first-order valence-electron chi connectivity index (χ1n) is 4.74. The Balaban J connectivity index is 2.54. The summed E-state index contributed by atoms with van der Waals surface area (Å²) in [6, 6.07) is 5.86. The van der Waals surface area contributed by atoms with E-state index in [0.717, 1.165) is 23.4 Å². The molecule has 0 unspecified atom stereocenters. The normalized spacial score (nSPS) is 10.8. The molecule has 0 amide bonds. The Morgan fingerprint density at radius 2 is 2.33 bits per heavy atom. The third-order valence-corrected chi connectivity index (χ3v) is 3.64. The number of aromatic nitrogens is 1. The third kappa shape index (κ3) is 2.03. The van der Waals surface area contributed by atoms with Crippen LogP contribution < -0.4 is 4.57 Å². The second-order valence-corrected chi connectivity index (χ2v) is 5.01. The molecule has 0 N–H and O–H groups in total. The molecule has 0 atom stereocenters. The zero-order chi connectivity index (χ0) is 10.8. The number of halogens is 1. The molecular formula is C11H11ClNOS+. The van der Waals surface area contributed by atoms with Gasteiger partial charge in [-0.2, -0.15) is 4.57 Å². The lowest BCUT2D eigenvalue weighted by Gasteiger charge is -1.93. The van der Waals surface area contributed by atoms with Gasteiger partial charge in [0.05, 0.1) is 6.42 Å². The molecule has 1 heterocycles. The zero-order valence-electron chi connectivity index (χ0n) is 8.37. The van der Waals surface area contributed by atoms with Gasteiger partial charge in [0.1, 0.15) is 11.0 Å². The van der Waals surface area contributed by atoms with Crippen LogP contribution in [0.1, 0.15) is 11.4 Å². The first-order chi connectivity index (χ1) is 7.22. The molecule has 0 aliphatic heterocycles. The Hall–Kier alpha value is -0.930. The van der Waals surface area contributed by atoms with E-state index < -0.39 is 0 Å². The molecule has 78 valence electrons. The summed E-state index contributed by atoms with van der Waals surface area (Å²) < 4.78 is 3.35. The van der Waals surface area contributed by atoms with Crippen molar-refractivity contribution in [1.82, 2.24) is 0 Å². The van der Waals surface area contributed by atoms with Gasteiger partial charge in [0, 0.05) is 18.0 Å². The van der Waals surface area contributed by atoms with Gasteiger partial charge in [0.25, 0.3) is 0 Å². The fourth-order valence-corrected chi connectivity index (χ4v) is 2.83. The lowest BCUT2D eigenvalue weighted by atomic mass is 10.3. The molecule has 0 spiro atoms. The van der Waals surface area contributed by atoms with Crippen molar-refractivity contribution in [2.24, 2.45) is 0 Å². The average Bonchev–Trinajstić information content (AvgIpc) is 2.51. The van der Waals surface area contributed by atoms with Crippen molar-refractivity contribution < 1.29 is 9.36 Å². The van der Waals surface area contributed by atoms with Gasteiger partial charge in [-0.3, -0.25) is 0 Å². The summed E-state index contributed by atoms with van der Waals surface area (Å²) in [5, 5.41) is 1.94. The monoisotopic (exact) mass is 240 g/mol. The van der Waals surface area contributed by atoms with Crippen molar-refractivity contribution in [3.05, 3.63) is 28.2 Å². The first-order valence-corrected chi connectivity index (χ1v) is 5.94. The van der Waals surface area contributed by atoms with Crippen molar-refractivity contribution in [3.8, 4) is 0 Å². The van der Waals surface area contributed by atoms with E-state index in [0.29, 0.717) is 6.42 Å². The van der Waals surface area contributed by atoms with Gasteiger partial charge >= 0.3 is 0 Å². The minimum atomic E-state index is 0.545. The maximum absolute atomic E-state index is 10.4. The van der Waals surface area contributed by atoms with Crippen LogP contribution in [0.3, 0.4) is 0 Å². The smallest absolute Gasteiger partial charge is 0.235 e. The number of carbonyl (C=O) groups excluding carboxylic acids is 1. The molecule has 0 saturated heterocycles. The molecule has 1 aromatic heterocycles. The van der Waals surface area contributed by atoms with Crippen LogP contribution in [0, 0.1) is 6.92 Å². The highest BCUT2D eigenvalue weighted by Gasteiger charge is 2.16. The summed E-state index contributed by atoms with van der Waals surface area (Å²) in [7, 11) is 0. The lowest BCUT2D eigenvalue weighted by Crippen LogP contribution is -2.35. The Kier molecular flexibility index (Phi) is 3.03. The van der Waals surface area contributed by atoms with Gasteiger partial charge in [-0.1, -0.05) is 22.9 Å². The van der Waals surface area contributed by atoms with Crippen molar-refractivity contribution in [1.29, 1.82) is 0 Å². The number of nitrogens with zero attached hydrogens (tertiary/aromatic N) is 1. The molecule has 2 nitrogen and oxygen atoms in total. The van der Waals surface area contributed by atoms with Crippen molar-refractivity contribution in [3.63, 3.8) is 0 Å². The van der Waals surface area contributed by atoms with Crippen LogP contribution in [0.5, 0.6) is 0 Å². The molecule has 0 radical (unpaired) electrons. The van der Waals surface area contributed by atoms with Crippen molar-refractivity contribution in [2.75, 3.05) is 0 Å². The second-order valence-electron chi connectivity index (χ2n) is 3.34. The number of hydrogen-bond donors (Lipinski definition) is 0. The summed E-state index contributed by atoms with van der Waals surface area (Å²) >= 11 is 7.68. The third-order valence-electron chi connectivity index (χ3n) is 2.32. The highest BCUT2D eigenvalue weighted by Crippen LogP contribution is 2.23. The van der Waals surface area contributed by atoms with Crippen LogP contribution in [0.15, 0.2) is 18.2 Å². The summed E-state index contributed by atoms with van der Waals surface area (Å²) in [5.41, 5.74) is 1.12. The van der Waals surface area contributed by atoms with Crippen LogP contribution >= 0.6 is 22.9 Å². The zero-order valence-corrected chi connectivity index (χ0v) is 9.94. The molecule has 0 aliphatic carbocycles. The predicted octanol–water partition coefficient (Wildman–Crippen LogP) is 2.74. The minimum absolute atomic E-state index is 0.545. The van der Waals surface area contributed by atoms with E-state index in [2.05, 4.69) is 11.5 Å².